The average molecular weight is 383 g/mol. The van der Waals surface area contributed by atoms with Crippen LogP contribution < -0.4 is 14.8 Å². The lowest BCUT2D eigenvalue weighted by molar-refractivity contribution is 0.274. The normalized spacial score (nSPS) is 10.8. The number of anilines is 2. The van der Waals surface area contributed by atoms with Gasteiger partial charge in [-0.15, -0.1) is 0 Å². The molecule has 2 aromatic carbocycles. The van der Waals surface area contributed by atoms with Crippen molar-refractivity contribution in [3.8, 4) is 17.2 Å². The van der Waals surface area contributed by atoms with Gasteiger partial charge < -0.3 is 25.0 Å². The fraction of sp³-hybridized carbons (Fsp3) is 0.333. The number of phenols is 1. The summed E-state index contributed by atoms with van der Waals surface area (Å²) in [6.07, 6.45) is 5.24. The molecule has 0 aliphatic rings. The first-order chi connectivity index (χ1) is 13.7. The van der Waals surface area contributed by atoms with Gasteiger partial charge in [-0.1, -0.05) is 18.6 Å². The number of nitrogens with zero attached hydrogens (tertiary/aromatic N) is 2. The summed E-state index contributed by atoms with van der Waals surface area (Å²) < 4.78 is 11.1. The third-order valence-electron chi connectivity index (χ3n) is 4.39. The maximum Gasteiger partial charge on any atom is 0.162 e. The number of aromatic nitrogens is 2. The van der Waals surface area contributed by atoms with Crippen molar-refractivity contribution in [3.05, 3.63) is 42.7 Å². The van der Waals surface area contributed by atoms with E-state index in [2.05, 4.69) is 15.3 Å². The van der Waals surface area contributed by atoms with Gasteiger partial charge in [0.15, 0.2) is 11.5 Å². The Morgan fingerprint density at radius 3 is 2.64 bits per heavy atom. The van der Waals surface area contributed by atoms with Crippen LogP contribution in [-0.4, -0.2) is 40.5 Å². The van der Waals surface area contributed by atoms with Crippen molar-refractivity contribution in [2.24, 2.45) is 0 Å². The molecule has 0 saturated carbocycles. The van der Waals surface area contributed by atoms with Crippen molar-refractivity contribution in [3.63, 3.8) is 0 Å². The lowest BCUT2D eigenvalue weighted by atomic mass is 10.2. The molecule has 1 heterocycles. The maximum atomic E-state index is 10.1. The van der Waals surface area contributed by atoms with E-state index in [0.29, 0.717) is 29.1 Å². The number of para-hydroxylation sites is 2. The predicted molar refractivity (Wildman–Crippen MR) is 109 cm³/mol. The molecule has 0 spiro atoms. The summed E-state index contributed by atoms with van der Waals surface area (Å²) in [6.45, 7) is 0.842. The third-order valence-corrected chi connectivity index (χ3v) is 4.39. The highest BCUT2D eigenvalue weighted by Gasteiger charge is 2.11. The molecule has 7 nitrogen and oxygen atoms in total. The predicted octanol–water partition coefficient (Wildman–Crippen LogP) is 4.02. The monoisotopic (exact) mass is 383 g/mol. The number of unbranched alkanes of at least 4 members (excludes halogenated alkanes) is 3. The highest BCUT2D eigenvalue weighted by atomic mass is 16.5. The van der Waals surface area contributed by atoms with E-state index in [1.807, 2.05) is 24.3 Å². The van der Waals surface area contributed by atoms with Gasteiger partial charge in [-0.25, -0.2) is 9.97 Å². The van der Waals surface area contributed by atoms with Gasteiger partial charge in [-0.3, -0.25) is 0 Å². The van der Waals surface area contributed by atoms with Crippen molar-refractivity contribution in [2.45, 2.75) is 25.7 Å². The van der Waals surface area contributed by atoms with Crippen LogP contribution >= 0.6 is 0 Å². The molecular formula is C21H25N3O4. The Morgan fingerprint density at radius 1 is 1.00 bits per heavy atom. The Morgan fingerprint density at radius 2 is 1.82 bits per heavy atom. The van der Waals surface area contributed by atoms with E-state index in [4.69, 9.17) is 14.6 Å². The summed E-state index contributed by atoms with van der Waals surface area (Å²) in [4.78, 5) is 8.57. The fourth-order valence-corrected chi connectivity index (χ4v) is 2.91. The first-order valence-electron chi connectivity index (χ1n) is 9.34. The summed E-state index contributed by atoms with van der Waals surface area (Å²) in [5, 5.41) is 22.9. The number of hydrogen-bond donors (Lipinski definition) is 3. The third kappa shape index (κ3) is 4.80. The largest absolute Gasteiger partial charge is 0.504 e. The molecule has 3 rings (SSSR count). The van der Waals surface area contributed by atoms with Crippen LogP contribution in [0.4, 0.5) is 11.5 Å². The summed E-state index contributed by atoms with van der Waals surface area (Å²) in [7, 11) is 1.50. The van der Waals surface area contributed by atoms with Crippen LogP contribution in [0.25, 0.3) is 10.9 Å². The van der Waals surface area contributed by atoms with E-state index in [1.54, 1.807) is 12.1 Å². The summed E-state index contributed by atoms with van der Waals surface area (Å²) in [5.41, 5.74) is 1.45. The highest BCUT2D eigenvalue weighted by molar-refractivity contribution is 5.93. The SMILES string of the molecule is COc1cc2ncnc(Nc3ccccc3OCCCCCCO)c2cc1O. The standard InChI is InChI=1S/C21H25N3O4/c1-27-20-13-17-15(12-18(20)26)21(23-14-22-17)24-16-8-4-5-9-19(16)28-11-7-3-2-6-10-25/h4-5,8-9,12-14,25-26H,2-3,6-7,10-11H2,1H3,(H,22,23,24). The van der Waals surface area contributed by atoms with Crippen molar-refractivity contribution < 1.29 is 19.7 Å². The highest BCUT2D eigenvalue weighted by Crippen LogP contribution is 2.35. The first kappa shape index (κ1) is 19.7. The molecular weight excluding hydrogens is 358 g/mol. The van der Waals surface area contributed by atoms with Crippen LogP contribution in [0.15, 0.2) is 42.7 Å². The molecule has 3 N–H and O–H groups in total. The minimum Gasteiger partial charge on any atom is -0.504 e. The fourth-order valence-electron chi connectivity index (χ4n) is 2.91. The number of benzene rings is 2. The van der Waals surface area contributed by atoms with Gasteiger partial charge in [-0.05, 0) is 37.5 Å². The van der Waals surface area contributed by atoms with Crippen molar-refractivity contribution in [1.82, 2.24) is 9.97 Å². The molecule has 0 unspecified atom stereocenters. The second kappa shape index (κ2) is 9.75. The number of methoxy groups -OCH3 is 1. The topological polar surface area (TPSA) is 96.7 Å². The number of ether oxygens (including phenoxy) is 2. The van der Waals surface area contributed by atoms with Crippen LogP contribution in [-0.2, 0) is 0 Å². The lowest BCUT2D eigenvalue weighted by Crippen LogP contribution is -2.02. The van der Waals surface area contributed by atoms with Crippen molar-refractivity contribution in [2.75, 3.05) is 25.6 Å². The molecule has 148 valence electrons. The molecule has 0 saturated heterocycles. The van der Waals surface area contributed by atoms with E-state index < -0.39 is 0 Å². The van der Waals surface area contributed by atoms with Crippen LogP contribution in [0, 0.1) is 0 Å². The molecule has 3 aromatic rings. The molecule has 0 aliphatic carbocycles. The second-order valence-corrected chi connectivity index (χ2v) is 6.37. The number of aliphatic hydroxyl groups is 1. The van der Waals surface area contributed by atoms with E-state index >= 15 is 0 Å². The number of hydrogen-bond acceptors (Lipinski definition) is 7. The van der Waals surface area contributed by atoms with Crippen LogP contribution in [0.3, 0.4) is 0 Å². The summed E-state index contributed by atoms with van der Waals surface area (Å²) in [5.74, 6) is 1.69. The molecule has 0 atom stereocenters. The van der Waals surface area contributed by atoms with Crippen LogP contribution in [0.5, 0.6) is 17.2 Å². The van der Waals surface area contributed by atoms with Gasteiger partial charge >= 0.3 is 0 Å². The number of nitrogens with one attached hydrogen (secondary N) is 1. The molecule has 0 radical (unpaired) electrons. The van der Waals surface area contributed by atoms with E-state index in [9.17, 15) is 5.11 Å². The smallest absolute Gasteiger partial charge is 0.162 e. The molecule has 7 heteroatoms. The maximum absolute atomic E-state index is 10.1. The van der Waals surface area contributed by atoms with Gasteiger partial charge in [0.1, 0.15) is 17.9 Å². The van der Waals surface area contributed by atoms with Crippen LogP contribution in [0.2, 0.25) is 0 Å². The average Bonchev–Trinajstić information content (AvgIpc) is 2.71. The van der Waals surface area contributed by atoms with E-state index in [0.717, 1.165) is 37.1 Å². The molecule has 1 aromatic heterocycles. The zero-order valence-electron chi connectivity index (χ0n) is 15.9. The Balaban J connectivity index is 1.76. The molecule has 0 amide bonds. The number of phenolic OH excluding ortho intramolecular Hbond substituents is 1. The van der Waals surface area contributed by atoms with E-state index in [-0.39, 0.29) is 12.4 Å². The summed E-state index contributed by atoms with van der Waals surface area (Å²) >= 11 is 0. The molecule has 28 heavy (non-hydrogen) atoms. The second-order valence-electron chi connectivity index (χ2n) is 6.37. The van der Waals surface area contributed by atoms with E-state index in [1.165, 1.54) is 13.4 Å². The number of fused-ring (bicyclic) bond motifs is 1. The van der Waals surface area contributed by atoms with Gasteiger partial charge in [-0.2, -0.15) is 0 Å². The Hall–Kier alpha value is -3.06. The van der Waals surface area contributed by atoms with Crippen molar-refractivity contribution in [1.29, 1.82) is 0 Å². The minimum atomic E-state index is 0.0280. The Labute approximate surface area is 164 Å². The number of rotatable bonds is 10. The van der Waals surface area contributed by atoms with Gasteiger partial charge in [0.2, 0.25) is 0 Å². The van der Waals surface area contributed by atoms with Gasteiger partial charge in [0.25, 0.3) is 0 Å². The Bertz CT molecular complexity index is 917. The molecule has 0 bridgehead atoms. The zero-order valence-corrected chi connectivity index (χ0v) is 15.9. The molecule has 0 fully saturated rings. The zero-order chi connectivity index (χ0) is 19.8. The molecule has 0 aliphatic heterocycles. The summed E-state index contributed by atoms with van der Waals surface area (Å²) in [6, 6.07) is 10.9. The van der Waals surface area contributed by atoms with Gasteiger partial charge in [0, 0.05) is 18.1 Å². The van der Waals surface area contributed by atoms with Gasteiger partial charge in [0.05, 0.1) is 24.9 Å². The minimum absolute atomic E-state index is 0.0280. The Kier molecular flexibility index (Phi) is 6.86. The van der Waals surface area contributed by atoms with Crippen molar-refractivity contribution >= 4 is 22.4 Å². The lowest BCUT2D eigenvalue weighted by Gasteiger charge is -2.14. The van der Waals surface area contributed by atoms with Crippen LogP contribution in [0.1, 0.15) is 25.7 Å². The quantitative estimate of drug-likeness (QED) is 0.455. The first-order valence-corrected chi connectivity index (χ1v) is 9.34. The number of aromatic hydroxyl groups is 1. The number of aliphatic hydroxyl groups excluding tert-OH is 1.